The van der Waals surface area contributed by atoms with E-state index < -0.39 is 0 Å². The Morgan fingerprint density at radius 2 is 2.04 bits per heavy atom. The van der Waals surface area contributed by atoms with Crippen LogP contribution in [0.15, 0.2) is 71.6 Å². The van der Waals surface area contributed by atoms with Crippen molar-refractivity contribution in [2.75, 3.05) is 5.32 Å². The second-order valence-corrected chi connectivity index (χ2v) is 5.99. The number of hydrogen-bond donors (Lipinski definition) is 1. The van der Waals surface area contributed by atoms with Crippen LogP contribution in [-0.2, 0) is 11.2 Å². The Balaban J connectivity index is 1.48. The summed E-state index contributed by atoms with van der Waals surface area (Å²) in [5.74, 6) is -0.101. The van der Waals surface area contributed by atoms with Crippen molar-refractivity contribution in [1.82, 2.24) is 9.78 Å². The maximum absolute atomic E-state index is 12.3. The van der Waals surface area contributed by atoms with Gasteiger partial charge < -0.3 is 9.73 Å². The number of rotatable bonds is 4. The molecule has 0 aliphatic rings. The molecule has 5 heteroatoms. The smallest absolute Gasteiger partial charge is 0.229 e. The highest BCUT2D eigenvalue weighted by Gasteiger charge is 2.11. The number of furan rings is 1. The van der Waals surface area contributed by atoms with Crippen molar-refractivity contribution in [3.05, 3.63) is 78.3 Å². The van der Waals surface area contributed by atoms with Crippen molar-refractivity contribution < 1.29 is 9.21 Å². The molecule has 2 heterocycles. The van der Waals surface area contributed by atoms with Crippen LogP contribution in [0.4, 0.5) is 5.69 Å². The van der Waals surface area contributed by atoms with Crippen molar-refractivity contribution in [1.29, 1.82) is 0 Å². The molecule has 0 saturated carbocycles. The number of nitrogens with one attached hydrogen (secondary N) is 1. The minimum Gasteiger partial charge on any atom is -0.464 e. The Hall–Kier alpha value is -3.34. The van der Waals surface area contributed by atoms with Crippen LogP contribution in [-0.4, -0.2) is 15.7 Å². The average Bonchev–Trinajstić information content (AvgIpc) is 3.23. The monoisotopic (exact) mass is 331 g/mol. The third-order valence-electron chi connectivity index (χ3n) is 4.05. The van der Waals surface area contributed by atoms with Gasteiger partial charge in [-0.1, -0.05) is 30.3 Å². The predicted octanol–water partition coefficient (Wildman–Crippen LogP) is 4.11. The zero-order valence-electron chi connectivity index (χ0n) is 13.8. The summed E-state index contributed by atoms with van der Waals surface area (Å²) in [7, 11) is 0. The van der Waals surface area contributed by atoms with Crippen LogP contribution < -0.4 is 5.32 Å². The molecule has 4 rings (SSSR count). The van der Waals surface area contributed by atoms with E-state index in [0.29, 0.717) is 5.69 Å². The third-order valence-corrected chi connectivity index (χ3v) is 4.05. The summed E-state index contributed by atoms with van der Waals surface area (Å²) in [5, 5.41) is 8.13. The quantitative estimate of drug-likeness (QED) is 0.612. The van der Waals surface area contributed by atoms with Crippen LogP contribution in [0.1, 0.15) is 11.1 Å². The molecule has 0 spiro atoms. The zero-order valence-corrected chi connectivity index (χ0v) is 13.8. The Labute approximate surface area is 144 Å². The van der Waals surface area contributed by atoms with E-state index in [2.05, 4.69) is 10.4 Å². The number of aromatic nitrogens is 2. The van der Waals surface area contributed by atoms with Gasteiger partial charge >= 0.3 is 0 Å². The largest absolute Gasteiger partial charge is 0.464 e. The normalized spacial score (nSPS) is 10.9. The van der Waals surface area contributed by atoms with E-state index in [1.165, 1.54) is 0 Å². The van der Waals surface area contributed by atoms with Crippen LogP contribution in [0.25, 0.3) is 16.7 Å². The molecular formula is C20H17N3O2. The fourth-order valence-electron chi connectivity index (χ4n) is 2.81. The number of nitrogens with zero attached hydrogens (tertiary/aromatic N) is 2. The lowest BCUT2D eigenvalue weighted by atomic mass is 10.1. The third kappa shape index (κ3) is 3.17. The highest BCUT2D eigenvalue weighted by molar-refractivity contribution is 5.95. The summed E-state index contributed by atoms with van der Waals surface area (Å²) in [6.45, 7) is 2.01. The second kappa shape index (κ2) is 6.28. The molecular weight excluding hydrogens is 314 g/mol. The maximum atomic E-state index is 12.3. The van der Waals surface area contributed by atoms with Crippen LogP contribution in [0, 0.1) is 6.92 Å². The Kier molecular flexibility index (Phi) is 3.82. The number of anilines is 1. The number of carbonyl (C=O) groups is 1. The lowest BCUT2D eigenvalue weighted by molar-refractivity contribution is -0.115. The first kappa shape index (κ1) is 15.2. The van der Waals surface area contributed by atoms with Crippen molar-refractivity contribution in [2.45, 2.75) is 13.3 Å². The summed E-state index contributed by atoms with van der Waals surface area (Å²) < 4.78 is 7.27. The van der Waals surface area contributed by atoms with Crippen LogP contribution in [0.2, 0.25) is 0 Å². The van der Waals surface area contributed by atoms with Gasteiger partial charge in [0.05, 0.1) is 36.5 Å². The Bertz CT molecular complexity index is 1030. The van der Waals surface area contributed by atoms with Gasteiger partial charge in [0.1, 0.15) is 5.58 Å². The van der Waals surface area contributed by atoms with Crippen LogP contribution in [0.3, 0.4) is 0 Å². The van der Waals surface area contributed by atoms with Gasteiger partial charge in [-0.25, -0.2) is 4.68 Å². The number of carbonyl (C=O) groups excluding carboxylic acids is 1. The van der Waals surface area contributed by atoms with Gasteiger partial charge in [0, 0.05) is 10.9 Å². The van der Waals surface area contributed by atoms with E-state index in [9.17, 15) is 4.79 Å². The molecule has 2 aromatic carbocycles. The van der Waals surface area contributed by atoms with Crippen molar-refractivity contribution in [2.24, 2.45) is 0 Å². The van der Waals surface area contributed by atoms with E-state index in [0.717, 1.165) is 27.8 Å². The molecule has 124 valence electrons. The number of hydrogen-bond acceptors (Lipinski definition) is 3. The number of fused-ring (bicyclic) bond motifs is 1. The molecule has 25 heavy (non-hydrogen) atoms. The second-order valence-electron chi connectivity index (χ2n) is 5.99. The number of aryl methyl sites for hydroxylation is 1. The molecule has 2 aromatic heterocycles. The van der Waals surface area contributed by atoms with E-state index in [1.54, 1.807) is 23.3 Å². The molecule has 1 N–H and O–H groups in total. The first-order valence-electron chi connectivity index (χ1n) is 8.06. The molecule has 0 fully saturated rings. The summed E-state index contributed by atoms with van der Waals surface area (Å²) in [4.78, 5) is 12.3. The van der Waals surface area contributed by atoms with Gasteiger partial charge in [-0.05, 0) is 30.7 Å². The van der Waals surface area contributed by atoms with Gasteiger partial charge in [0.25, 0.3) is 0 Å². The summed E-state index contributed by atoms with van der Waals surface area (Å²) >= 11 is 0. The molecule has 0 unspecified atom stereocenters. The van der Waals surface area contributed by atoms with Crippen LogP contribution >= 0.6 is 0 Å². The number of para-hydroxylation sites is 1. The van der Waals surface area contributed by atoms with Crippen molar-refractivity contribution in [3.63, 3.8) is 0 Å². The lowest BCUT2D eigenvalue weighted by Crippen LogP contribution is -2.13. The molecule has 1 amide bonds. The minimum atomic E-state index is -0.101. The van der Waals surface area contributed by atoms with Gasteiger partial charge in [-0.2, -0.15) is 5.10 Å². The SMILES string of the molecule is Cc1ccc2c(CC(=O)Nc3cnn(-c4ccccc4)c3)coc2c1. The molecule has 0 aliphatic heterocycles. The molecule has 0 bridgehead atoms. The lowest BCUT2D eigenvalue weighted by Gasteiger charge is -2.02. The van der Waals surface area contributed by atoms with Gasteiger partial charge in [0.15, 0.2) is 0 Å². The zero-order chi connectivity index (χ0) is 17.2. The number of benzene rings is 2. The van der Waals surface area contributed by atoms with E-state index >= 15 is 0 Å². The number of amides is 1. The van der Waals surface area contributed by atoms with Crippen LogP contribution in [0.5, 0.6) is 0 Å². The first-order chi connectivity index (χ1) is 12.2. The van der Waals surface area contributed by atoms with E-state index in [-0.39, 0.29) is 12.3 Å². The maximum Gasteiger partial charge on any atom is 0.229 e. The standard InChI is InChI=1S/C20H17N3O2/c1-14-7-8-18-15(13-25-19(18)9-14)10-20(24)22-16-11-21-23(12-16)17-5-3-2-4-6-17/h2-9,11-13H,10H2,1H3,(H,22,24). The summed E-state index contributed by atoms with van der Waals surface area (Å²) in [5.41, 5.74) is 4.42. The van der Waals surface area contributed by atoms with Gasteiger partial charge in [0.2, 0.25) is 5.91 Å². The molecule has 0 aliphatic carbocycles. The molecule has 0 radical (unpaired) electrons. The highest BCUT2D eigenvalue weighted by Crippen LogP contribution is 2.23. The Morgan fingerprint density at radius 1 is 1.20 bits per heavy atom. The molecule has 4 aromatic rings. The first-order valence-corrected chi connectivity index (χ1v) is 8.06. The topological polar surface area (TPSA) is 60.1 Å². The molecule has 0 atom stereocenters. The highest BCUT2D eigenvalue weighted by atomic mass is 16.3. The van der Waals surface area contributed by atoms with Crippen molar-refractivity contribution >= 4 is 22.6 Å². The Morgan fingerprint density at radius 3 is 2.88 bits per heavy atom. The summed E-state index contributed by atoms with van der Waals surface area (Å²) in [6.07, 6.45) is 5.34. The minimum absolute atomic E-state index is 0.101. The van der Waals surface area contributed by atoms with E-state index in [1.807, 2.05) is 55.5 Å². The molecule has 0 saturated heterocycles. The van der Waals surface area contributed by atoms with E-state index in [4.69, 9.17) is 4.42 Å². The summed E-state index contributed by atoms with van der Waals surface area (Å²) in [6, 6.07) is 15.7. The van der Waals surface area contributed by atoms with Crippen molar-refractivity contribution in [3.8, 4) is 5.69 Å². The molecule has 5 nitrogen and oxygen atoms in total. The fourth-order valence-corrected chi connectivity index (χ4v) is 2.81. The van der Waals surface area contributed by atoms with Gasteiger partial charge in [-0.15, -0.1) is 0 Å². The van der Waals surface area contributed by atoms with Gasteiger partial charge in [-0.3, -0.25) is 4.79 Å². The fraction of sp³-hybridized carbons (Fsp3) is 0.100. The predicted molar refractivity (Wildman–Crippen MR) is 96.8 cm³/mol. The average molecular weight is 331 g/mol.